The second-order valence-electron chi connectivity index (χ2n) is 18.7. The van der Waals surface area contributed by atoms with E-state index in [-0.39, 0.29) is 59.3 Å². The van der Waals surface area contributed by atoms with E-state index < -0.39 is 39.7 Å². The van der Waals surface area contributed by atoms with Gasteiger partial charge in [0.15, 0.2) is 80.0 Å². The number of benzene rings is 3. The number of fused-ring (bicyclic) bond motifs is 2. The number of hydrogen-bond donors (Lipinski definition) is 3. The highest BCUT2D eigenvalue weighted by Gasteiger charge is 2.23. The van der Waals surface area contributed by atoms with Crippen LogP contribution < -0.4 is 88.2 Å². The number of rotatable bonds is 13. The van der Waals surface area contributed by atoms with E-state index in [2.05, 4.69) is 73.6 Å². The standard InChI is InChI=1S/C21H21N5O4.C20H21N5O5.C20H19N5O4/c1-7-12-25-20(27)18-19(26(21(25)28)23(2)3)22-17(24(18)4)11-9-14-8-10-15(29-5)16(13-14)30-6;1-6-11-24-19(27)17(18(21)25(20(24)28)23(2)3)22-16(26)10-8-13-7-9-14(29-4)15(12-13)30-5;1-6-11-24-19(26)17-18(25(20(24)27)23(2)3)22-16(21-17)10-8-13-7-9-14(28-4)15(12-13)29-5/h1,8,10,13H,12H2,2-6H3;1,7,9,12H,11,21H2,2-5H3,(H,22,26);1,7,9,12H,11H2,2-5H3,(H,21,22). The van der Waals surface area contributed by atoms with Gasteiger partial charge in [0.05, 0.1) is 62.3 Å². The molecule has 0 saturated heterocycles. The molecule has 8 rings (SSSR count). The number of carbonyl (C=O) groups excluding carboxylic acids is 1. The zero-order valence-corrected chi connectivity index (χ0v) is 50.8. The molecule has 89 heavy (non-hydrogen) atoms. The fourth-order valence-electron chi connectivity index (χ4n) is 8.40. The Balaban J connectivity index is 0.000000213. The number of terminal acetylenes is 3. The number of nitrogens with zero attached hydrogens (tertiary/aromatic N) is 12. The number of hydrogen-bond acceptors (Lipinski definition) is 19. The van der Waals surface area contributed by atoms with E-state index in [4.69, 9.17) is 53.4 Å². The molecule has 0 spiro atoms. The van der Waals surface area contributed by atoms with E-state index in [1.165, 1.54) is 45.7 Å². The maximum absolute atomic E-state index is 12.9. The van der Waals surface area contributed by atoms with Gasteiger partial charge in [-0.3, -0.25) is 19.2 Å². The zero-order valence-electron chi connectivity index (χ0n) is 50.8. The highest BCUT2D eigenvalue weighted by atomic mass is 16.5. The molecule has 28 nitrogen and oxygen atoms in total. The summed E-state index contributed by atoms with van der Waals surface area (Å²) in [6.45, 7) is -0.571. The van der Waals surface area contributed by atoms with E-state index in [1.807, 2.05) is 0 Å². The Bertz CT molecular complexity index is 4780. The van der Waals surface area contributed by atoms with Crippen molar-refractivity contribution in [2.75, 3.05) is 111 Å². The Hall–Kier alpha value is -12.5. The van der Waals surface area contributed by atoms with Gasteiger partial charge >= 0.3 is 23.0 Å². The minimum Gasteiger partial charge on any atom is -0.493 e. The molecule has 0 aliphatic heterocycles. The van der Waals surface area contributed by atoms with Gasteiger partial charge in [0.1, 0.15) is 0 Å². The summed E-state index contributed by atoms with van der Waals surface area (Å²) in [5, 5.41) is 6.75. The van der Waals surface area contributed by atoms with Crippen molar-refractivity contribution in [2.24, 2.45) is 7.05 Å². The third kappa shape index (κ3) is 14.0. The van der Waals surface area contributed by atoms with E-state index >= 15 is 0 Å². The third-order valence-corrected chi connectivity index (χ3v) is 12.6. The van der Waals surface area contributed by atoms with E-state index in [9.17, 15) is 33.6 Å². The number of ether oxygens (including phenoxy) is 6. The predicted octanol–water partition coefficient (Wildman–Crippen LogP) is -0.291. The van der Waals surface area contributed by atoms with Crippen LogP contribution in [0.4, 0.5) is 11.5 Å². The van der Waals surface area contributed by atoms with Gasteiger partial charge < -0.3 is 64.0 Å². The molecule has 5 aromatic heterocycles. The highest BCUT2D eigenvalue weighted by molar-refractivity contribution is 6.05. The smallest absolute Gasteiger partial charge is 0.352 e. The predicted molar refractivity (Wildman–Crippen MR) is 336 cm³/mol. The molecule has 8 aromatic rings. The number of nitrogen functional groups attached to an aromatic ring is 1. The summed E-state index contributed by atoms with van der Waals surface area (Å²) in [6.07, 6.45) is 15.9. The molecule has 458 valence electrons. The van der Waals surface area contributed by atoms with Gasteiger partial charge in [0, 0.05) is 71.9 Å². The number of nitrogens with one attached hydrogen (secondary N) is 2. The Morgan fingerprint density at radius 3 is 1.38 bits per heavy atom. The summed E-state index contributed by atoms with van der Waals surface area (Å²) in [5.74, 6) is 26.4. The van der Waals surface area contributed by atoms with Crippen LogP contribution in [0.3, 0.4) is 0 Å². The first-order valence-corrected chi connectivity index (χ1v) is 26.0. The van der Waals surface area contributed by atoms with E-state index in [0.29, 0.717) is 57.0 Å². The van der Waals surface area contributed by atoms with Crippen molar-refractivity contribution in [1.82, 2.24) is 47.2 Å². The molecule has 0 aliphatic carbocycles. The van der Waals surface area contributed by atoms with Crippen LogP contribution in [0.1, 0.15) is 28.3 Å². The molecule has 28 heteroatoms. The first-order valence-electron chi connectivity index (χ1n) is 26.0. The van der Waals surface area contributed by atoms with Crippen molar-refractivity contribution in [3.05, 3.63) is 145 Å². The van der Waals surface area contributed by atoms with Crippen molar-refractivity contribution in [3.8, 4) is 107 Å². The van der Waals surface area contributed by atoms with Crippen molar-refractivity contribution < 1.29 is 33.2 Å². The van der Waals surface area contributed by atoms with Crippen LogP contribution in [0.5, 0.6) is 34.5 Å². The third-order valence-electron chi connectivity index (χ3n) is 12.6. The number of carbonyl (C=O) groups is 1. The summed E-state index contributed by atoms with van der Waals surface area (Å²) in [7, 11) is 20.6. The van der Waals surface area contributed by atoms with E-state index in [0.717, 1.165) is 18.4 Å². The van der Waals surface area contributed by atoms with Gasteiger partial charge in [0.25, 0.3) is 16.7 Å². The lowest BCUT2D eigenvalue weighted by Gasteiger charge is -2.21. The fourth-order valence-corrected chi connectivity index (χ4v) is 8.40. The Kier molecular flexibility index (Phi) is 21.3. The molecule has 0 unspecified atom stereocenters. The Morgan fingerprint density at radius 1 is 0.539 bits per heavy atom. The molecule has 0 bridgehead atoms. The van der Waals surface area contributed by atoms with Crippen LogP contribution in [0, 0.1) is 72.6 Å². The first kappa shape index (κ1) is 65.6. The molecule has 0 saturated carbocycles. The molecule has 0 fully saturated rings. The van der Waals surface area contributed by atoms with Crippen molar-refractivity contribution in [1.29, 1.82) is 0 Å². The average Bonchev–Trinajstić information content (AvgIpc) is 1.75. The second kappa shape index (κ2) is 28.8. The topological polar surface area (TPSA) is 299 Å². The van der Waals surface area contributed by atoms with Crippen molar-refractivity contribution >= 4 is 39.7 Å². The molecule has 0 atom stereocenters. The van der Waals surface area contributed by atoms with Crippen LogP contribution in [0.25, 0.3) is 22.3 Å². The number of imidazole rings is 2. The second-order valence-corrected chi connectivity index (χ2v) is 18.7. The maximum Gasteiger partial charge on any atom is 0.352 e. The van der Waals surface area contributed by atoms with E-state index in [1.54, 1.807) is 130 Å². The minimum absolute atomic E-state index is 0.140. The van der Waals surface area contributed by atoms with Gasteiger partial charge in [-0.05, 0) is 66.4 Å². The summed E-state index contributed by atoms with van der Waals surface area (Å²) >= 11 is 0. The molecule has 1 amide bonds. The van der Waals surface area contributed by atoms with Crippen LogP contribution in [0.15, 0.2) is 83.4 Å². The summed E-state index contributed by atoms with van der Waals surface area (Å²) in [6, 6.07) is 15.4. The Labute approximate surface area is 508 Å². The van der Waals surface area contributed by atoms with Crippen LogP contribution >= 0.6 is 0 Å². The number of aryl methyl sites for hydroxylation is 1. The van der Waals surface area contributed by atoms with Gasteiger partial charge in [-0.2, -0.15) is 14.0 Å². The van der Waals surface area contributed by atoms with Gasteiger partial charge in [-0.1, -0.05) is 35.5 Å². The lowest BCUT2D eigenvalue weighted by molar-refractivity contribution is -0.111. The lowest BCUT2D eigenvalue weighted by atomic mass is 10.2. The van der Waals surface area contributed by atoms with Crippen LogP contribution in [0.2, 0.25) is 0 Å². The SMILES string of the molecule is C#CCn1c(=O)c(NC(=O)C#Cc2ccc(OC)c(OC)c2)c(N)n(N(C)C)c1=O.C#CCn1c(=O)c2[nH]c(C#Cc3ccc(OC)c(OC)c3)nc2n(N(C)C)c1=O.C#CCn1c(=O)c2c(nc(C#Cc3ccc(OC)c(OC)c3)n2C)n(N(C)C)c1=O. The molecule has 0 aliphatic rings. The summed E-state index contributed by atoms with van der Waals surface area (Å²) in [5.41, 5.74) is 4.48. The number of methoxy groups -OCH3 is 6. The fraction of sp³-hybridized carbons (Fsp3) is 0.262. The summed E-state index contributed by atoms with van der Waals surface area (Å²) < 4.78 is 39.2. The average molecular weight is 1210 g/mol. The van der Waals surface area contributed by atoms with Gasteiger partial charge in [0.2, 0.25) is 0 Å². The first-order chi connectivity index (χ1) is 42.5. The van der Waals surface area contributed by atoms with Crippen LogP contribution in [-0.4, -0.2) is 138 Å². The van der Waals surface area contributed by atoms with Crippen molar-refractivity contribution in [2.45, 2.75) is 19.6 Å². The number of H-pyrrole nitrogens is 1. The normalized spacial score (nSPS) is 10.0. The summed E-state index contributed by atoms with van der Waals surface area (Å²) in [4.78, 5) is 99.9. The lowest BCUT2D eigenvalue weighted by Crippen LogP contribution is -2.48. The van der Waals surface area contributed by atoms with Crippen LogP contribution in [-0.2, 0) is 31.5 Å². The van der Waals surface area contributed by atoms with Gasteiger partial charge in [-0.15, -0.1) is 19.3 Å². The number of anilines is 2. The number of amides is 1. The molecule has 0 radical (unpaired) electrons. The maximum atomic E-state index is 12.9. The molecular weight excluding hydrogens is 1150 g/mol. The minimum atomic E-state index is -0.824. The zero-order chi connectivity index (χ0) is 65.6. The number of nitrogens with two attached hydrogens (primary N) is 1. The van der Waals surface area contributed by atoms with Crippen molar-refractivity contribution in [3.63, 3.8) is 0 Å². The molecule has 5 heterocycles. The monoisotopic (exact) mass is 1210 g/mol. The Morgan fingerprint density at radius 2 is 0.944 bits per heavy atom. The molecule has 4 N–H and O–H groups in total. The molecule has 3 aromatic carbocycles. The number of aromatic amines is 1. The van der Waals surface area contributed by atoms with Gasteiger partial charge in [-0.25, -0.2) is 38.1 Å². The quantitative estimate of drug-likeness (QED) is 0.125. The highest BCUT2D eigenvalue weighted by Crippen LogP contribution is 2.29. The largest absolute Gasteiger partial charge is 0.493 e. The number of aromatic nitrogens is 10. The molecular formula is C61H61N15O13.